The second-order valence-corrected chi connectivity index (χ2v) is 7.60. The Balaban J connectivity index is 1.83. The molecule has 2 atom stereocenters. The summed E-state index contributed by atoms with van der Waals surface area (Å²) in [4.78, 5) is 35.6. The van der Waals surface area contributed by atoms with E-state index in [-0.39, 0.29) is 11.7 Å². The number of ether oxygens (including phenoxy) is 1. The van der Waals surface area contributed by atoms with Crippen LogP contribution in [0.25, 0.3) is 0 Å². The molecular weight excluding hydrogens is 360 g/mol. The van der Waals surface area contributed by atoms with Gasteiger partial charge in [-0.1, -0.05) is 6.92 Å². The van der Waals surface area contributed by atoms with Crippen molar-refractivity contribution in [2.45, 2.75) is 58.3 Å². The molecule has 2 N–H and O–H groups in total. The summed E-state index contributed by atoms with van der Waals surface area (Å²) in [5.74, 6) is -0.662. The summed E-state index contributed by atoms with van der Waals surface area (Å²) in [6.07, 6.45) is 1.20. The van der Waals surface area contributed by atoms with Crippen molar-refractivity contribution in [3.05, 3.63) is 34.5 Å². The number of aromatic nitrogens is 4. The number of hydrogen-bond donors (Lipinski definition) is 1. The van der Waals surface area contributed by atoms with E-state index in [1.165, 1.54) is 0 Å². The molecule has 9 nitrogen and oxygen atoms in total. The van der Waals surface area contributed by atoms with Gasteiger partial charge in [0, 0.05) is 25.2 Å². The number of fused-ring (bicyclic) bond motifs is 2. The van der Waals surface area contributed by atoms with Crippen LogP contribution in [0.15, 0.2) is 6.07 Å². The number of anilines is 1. The number of amides is 2. The average molecular weight is 384 g/mol. The van der Waals surface area contributed by atoms with E-state index in [1.54, 1.807) is 11.9 Å². The van der Waals surface area contributed by atoms with Crippen molar-refractivity contribution in [2.75, 3.05) is 11.9 Å². The maximum atomic E-state index is 13.3. The van der Waals surface area contributed by atoms with Gasteiger partial charge in [0.25, 0.3) is 5.91 Å². The summed E-state index contributed by atoms with van der Waals surface area (Å²) in [6.45, 7) is 6.70. The van der Waals surface area contributed by atoms with E-state index in [0.29, 0.717) is 37.4 Å². The van der Waals surface area contributed by atoms with E-state index in [9.17, 15) is 9.59 Å². The molecule has 1 unspecified atom stereocenters. The van der Waals surface area contributed by atoms with Crippen LogP contribution in [0, 0.1) is 6.92 Å². The number of carbonyl (C=O) groups is 2. The quantitative estimate of drug-likeness (QED) is 0.855. The van der Waals surface area contributed by atoms with Gasteiger partial charge in [-0.05, 0) is 26.7 Å². The number of likely N-dealkylation sites (N-methyl/N-ethyl adjacent to an activating group) is 1. The standard InChI is InChI=1S/C19H24N6O3/c1-5-19(3)15-12(9-28-19)14(21-17(22-15)16(20)26)11-6-7-25-13(8-10(2)23-25)24(4)18(11)27/h8,11H,5-7,9H2,1-4H3,(H2,20,26)/t11-,19?/m0/s1. The van der Waals surface area contributed by atoms with Gasteiger partial charge in [-0.25, -0.2) is 14.6 Å². The number of nitrogens with zero attached hydrogens (tertiary/aromatic N) is 5. The molecule has 2 aliphatic heterocycles. The fourth-order valence-electron chi connectivity index (χ4n) is 3.99. The van der Waals surface area contributed by atoms with E-state index in [2.05, 4.69) is 15.1 Å². The highest BCUT2D eigenvalue weighted by atomic mass is 16.5. The molecule has 0 bridgehead atoms. The molecule has 0 spiro atoms. The summed E-state index contributed by atoms with van der Waals surface area (Å²) in [6, 6.07) is 1.89. The Hall–Kier alpha value is -2.81. The zero-order chi connectivity index (χ0) is 20.2. The summed E-state index contributed by atoms with van der Waals surface area (Å²) in [5.41, 5.74) is 7.70. The normalized spacial score (nSPS) is 24.1. The Bertz CT molecular complexity index is 984. The fourth-order valence-corrected chi connectivity index (χ4v) is 3.99. The third kappa shape index (κ3) is 2.69. The molecular formula is C19H24N6O3. The maximum Gasteiger partial charge on any atom is 0.286 e. The number of aryl methyl sites for hydroxylation is 2. The minimum atomic E-state index is -0.715. The van der Waals surface area contributed by atoms with Crippen molar-refractivity contribution >= 4 is 17.6 Å². The Morgan fingerprint density at radius 3 is 2.86 bits per heavy atom. The lowest BCUT2D eigenvalue weighted by atomic mass is 9.91. The van der Waals surface area contributed by atoms with Gasteiger partial charge in [-0.3, -0.25) is 14.5 Å². The second-order valence-electron chi connectivity index (χ2n) is 7.60. The number of carbonyl (C=O) groups excluding carboxylic acids is 2. The van der Waals surface area contributed by atoms with Crippen molar-refractivity contribution in [3.8, 4) is 0 Å². The van der Waals surface area contributed by atoms with Crippen LogP contribution >= 0.6 is 0 Å². The summed E-state index contributed by atoms with van der Waals surface area (Å²) in [5, 5.41) is 4.47. The molecule has 0 radical (unpaired) electrons. The van der Waals surface area contributed by atoms with Crippen molar-refractivity contribution < 1.29 is 14.3 Å². The van der Waals surface area contributed by atoms with Gasteiger partial charge >= 0.3 is 0 Å². The molecule has 0 saturated carbocycles. The summed E-state index contributed by atoms with van der Waals surface area (Å²) < 4.78 is 7.81. The van der Waals surface area contributed by atoms with Crippen LogP contribution in [0.4, 0.5) is 5.82 Å². The van der Waals surface area contributed by atoms with Gasteiger partial charge < -0.3 is 10.5 Å². The van der Waals surface area contributed by atoms with Crippen LogP contribution in [0.3, 0.4) is 0 Å². The van der Waals surface area contributed by atoms with Crippen LogP contribution < -0.4 is 10.6 Å². The molecule has 2 aromatic heterocycles. The Kier molecular flexibility index (Phi) is 4.22. The molecule has 0 fully saturated rings. The Labute approximate surface area is 162 Å². The van der Waals surface area contributed by atoms with E-state index < -0.39 is 17.4 Å². The lowest BCUT2D eigenvalue weighted by Crippen LogP contribution is -2.32. The van der Waals surface area contributed by atoms with E-state index >= 15 is 0 Å². The van der Waals surface area contributed by atoms with Crippen LogP contribution in [0.2, 0.25) is 0 Å². The molecule has 0 saturated heterocycles. The van der Waals surface area contributed by atoms with Gasteiger partial charge in [0.05, 0.1) is 29.6 Å². The first-order valence-electron chi connectivity index (χ1n) is 9.42. The first kappa shape index (κ1) is 18.5. The van der Waals surface area contributed by atoms with Gasteiger partial charge in [-0.15, -0.1) is 0 Å². The summed E-state index contributed by atoms with van der Waals surface area (Å²) in [7, 11) is 1.73. The summed E-state index contributed by atoms with van der Waals surface area (Å²) >= 11 is 0. The monoisotopic (exact) mass is 384 g/mol. The van der Waals surface area contributed by atoms with Gasteiger partial charge in [-0.2, -0.15) is 5.10 Å². The SMILES string of the molecule is CCC1(C)OCc2c([C@@H]3CCn4nc(C)cc4N(C)C3=O)nc(C(N)=O)nc21. The molecule has 9 heteroatoms. The Morgan fingerprint density at radius 1 is 1.43 bits per heavy atom. The van der Waals surface area contributed by atoms with Gasteiger partial charge in [0.1, 0.15) is 11.4 Å². The molecule has 28 heavy (non-hydrogen) atoms. The lowest BCUT2D eigenvalue weighted by molar-refractivity contribution is -0.119. The highest BCUT2D eigenvalue weighted by Crippen LogP contribution is 2.41. The second kappa shape index (κ2) is 6.37. The molecule has 0 aliphatic carbocycles. The number of primary amides is 1. The molecule has 2 amide bonds. The average Bonchev–Trinajstić information content (AvgIpc) is 3.18. The highest BCUT2D eigenvalue weighted by Gasteiger charge is 2.42. The van der Waals surface area contributed by atoms with Crippen LogP contribution in [0.5, 0.6) is 0 Å². The first-order chi connectivity index (χ1) is 13.2. The highest BCUT2D eigenvalue weighted by molar-refractivity contribution is 5.97. The first-order valence-corrected chi connectivity index (χ1v) is 9.42. The number of rotatable bonds is 3. The fraction of sp³-hybridized carbons (Fsp3) is 0.526. The maximum absolute atomic E-state index is 13.3. The molecule has 4 heterocycles. The minimum Gasteiger partial charge on any atom is -0.364 e. The number of hydrogen-bond acceptors (Lipinski definition) is 6. The third-order valence-corrected chi connectivity index (χ3v) is 5.78. The van der Waals surface area contributed by atoms with Gasteiger partial charge in [0.15, 0.2) is 0 Å². The van der Waals surface area contributed by atoms with Crippen molar-refractivity contribution in [3.63, 3.8) is 0 Å². The van der Waals surface area contributed by atoms with Crippen molar-refractivity contribution in [2.24, 2.45) is 5.73 Å². The van der Waals surface area contributed by atoms with Crippen molar-refractivity contribution in [1.82, 2.24) is 19.7 Å². The predicted molar refractivity (Wildman–Crippen MR) is 101 cm³/mol. The smallest absolute Gasteiger partial charge is 0.286 e. The topological polar surface area (TPSA) is 116 Å². The largest absolute Gasteiger partial charge is 0.364 e. The van der Waals surface area contributed by atoms with Crippen LogP contribution in [0.1, 0.15) is 65.9 Å². The third-order valence-electron chi connectivity index (χ3n) is 5.78. The molecule has 2 aliphatic rings. The Morgan fingerprint density at radius 2 is 2.18 bits per heavy atom. The van der Waals surface area contributed by atoms with E-state index in [0.717, 1.165) is 17.1 Å². The zero-order valence-corrected chi connectivity index (χ0v) is 16.5. The molecule has 148 valence electrons. The lowest BCUT2D eigenvalue weighted by Gasteiger charge is -2.23. The number of nitrogens with two attached hydrogens (primary N) is 1. The van der Waals surface area contributed by atoms with Crippen LogP contribution in [-0.4, -0.2) is 38.6 Å². The minimum absolute atomic E-state index is 0.0767. The van der Waals surface area contributed by atoms with Gasteiger partial charge in [0.2, 0.25) is 11.7 Å². The van der Waals surface area contributed by atoms with Crippen molar-refractivity contribution in [1.29, 1.82) is 0 Å². The molecule has 4 rings (SSSR count). The van der Waals surface area contributed by atoms with Crippen LogP contribution in [-0.2, 0) is 28.3 Å². The zero-order valence-electron chi connectivity index (χ0n) is 16.5. The molecule has 0 aromatic carbocycles. The van der Waals surface area contributed by atoms with E-state index in [4.69, 9.17) is 10.5 Å². The predicted octanol–water partition coefficient (Wildman–Crippen LogP) is 1.39. The molecule has 2 aromatic rings. The van der Waals surface area contributed by atoms with E-state index in [1.807, 2.05) is 31.5 Å².